The smallest absolute Gasteiger partial charge is 0.341 e. The van der Waals surface area contributed by atoms with E-state index in [9.17, 15) is 13.9 Å². The van der Waals surface area contributed by atoms with Crippen molar-refractivity contribution in [3.8, 4) is 11.5 Å². The van der Waals surface area contributed by atoms with Crippen molar-refractivity contribution in [3.63, 3.8) is 0 Å². The van der Waals surface area contributed by atoms with Crippen LogP contribution in [0.4, 0.5) is 11.4 Å². The molecule has 7 nitrogen and oxygen atoms in total. The van der Waals surface area contributed by atoms with Crippen LogP contribution in [0.25, 0.3) is 0 Å². The fourth-order valence-electron chi connectivity index (χ4n) is 4.47. The lowest BCUT2D eigenvalue weighted by Crippen LogP contribution is -2.37. The maximum absolute atomic E-state index is 11.5. The topological polar surface area (TPSA) is 99.5 Å². The van der Waals surface area contributed by atoms with E-state index in [1.807, 2.05) is 36.6 Å². The maximum atomic E-state index is 11.5. The zero-order valence-corrected chi connectivity index (χ0v) is 21.9. The number of carboxylic acid groups (broad SMARTS) is 1. The first-order valence-corrected chi connectivity index (χ1v) is 14.4. The van der Waals surface area contributed by atoms with Crippen molar-refractivity contribution < 1.29 is 28.5 Å². The van der Waals surface area contributed by atoms with E-state index in [0.29, 0.717) is 22.9 Å². The van der Waals surface area contributed by atoms with Gasteiger partial charge in [-0.15, -0.1) is 11.8 Å². The number of benzene rings is 2. The van der Waals surface area contributed by atoms with E-state index in [0.717, 1.165) is 42.0 Å². The fourth-order valence-corrected chi connectivity index (χ4v) is 7.27. The molecule has 0 spiro atoms. The van der Waals surface area contributed by atoms with Gasteiger partial charge >= 0.3 is 5.97 Å². The van der Waals surface area contributed by atoms with Crippen molar-refractivity contribution in [2.75, 3.05) is 37.2 Å². The third-order valence-corrected chi connectivity index (χ3v) is 9.24. The molecule has 2 aromatic carbocycles. The number of rotatable bonds is 10. The van der Waals surface area contributed by atoms with Crippen molar-refractivity contribution in [1.29, 1.82) is 0 Å². The molecular formula is C25H35NO6S2. The second-order valence-corrected chi connectivity index (χ2v) is 11.6. The van der Waals surface area contributed by atoms with Gasteiger partial charge in [-0.1, -0.05) is 26.7 Å². The van der Waals surface area contributed by atoms with E-state index < -0.39 is 23.2 Å². The Morgan fingerprint density at radius 3 is 2.47 bits per heavy atom. The lowest BCUT2D eigenvalue weighted by Gasteiger charge is -2.41. The molecule has 9 heteroatoms. The predicted molar refractivity (Wildman–Crippen MR) is 140 cm³/mol. The number of fused-ring (bicyclic) bond motifs is 1. The summed E-state index contributed by atoms with van der Waals surface area (Å²) in [6, 6.07) is 11.3. The molecule has 3 rings (SSSR count). The van der Waals surface area contributed by atoms with E-state index in [2.05, 4.69) is 18.7 Å². The molecule has 1 aliphatic rings. The van der Waals surface area contributed by atoms with Crippen LogP contribution >= 0.6 is 22.4 Å². The van der Waals surface area contributed by atoms with Gasteiger partial charge in [-0.2, -0.15) is 10.6 Å². The van der Waals surface area contributed by atoms with Crippen molar-refractivity contribution in [2.24, 2.45) is 5.41 Å². The van der Waals surface area contributed by atoms with Crippen LogP contribution in [-0.2, 0) is 4.79 Å². The third kappa shape index (κ3) is 5.76. The minimum absolute atomic E-state index is 0.257. The van der Waals surface area contributed by atoms with Gasteiger partial charge in [-0.25, -0.2) is 4.79 Å². The van der Waals surface area contributed by atoms with Gasteiger partial charge in [0.25, 0.3) is 0 Å². The number of methoxy groups -OCH3 is 1. The van der Waals surface area contributed by atoms with Gasteiger partial charge in [-0.05, 0) is 49.4 Å². The van der Waals surface area contributed by atoms with Crippen LogP contribution in [0.15, 0.2) is 46.2 Å². The number of carboxylic acids is 1. The quantitative estimate of drug-likeness (QED) is 0.303. The van der Waals surface area contributed by atoms with Gasteiger partial charge in [0.15, 0.2) is 6.61 Å². The van der Waals surface area contributed by atoms with Crippen molar-refractivity contribution in [2.45, 2.75) is 49.3 Å². The SMILES string of the molecule is CCCC[C@@]1(CC)CN(c2ccc(OC)cc2)c2cc(SC)c(OCC(=O)O)cc2S(O)(O)C1. The highest BCUT2D eigenvalue weighted by Crippen LogP contribution is 2.62. The first-order chi connectivity index (χ1) is 16.2. The van der Waals surface area contributed by atoms with Crippen molar-refractivity contribution in [1.82, 2.24) is 0 Å². The molecule has 0 radical (unpaired) electrons. The second-order valence-electron chi connectivity index (χ2n) is 8.71. The monoisotopic (exact) mass is 509 g/mol. The molecule has 0 saturated carbocycles. The van der Waals surface area contributed by atoms with Gasteiger partial charge in [0.1, 0.15) is 11.5 Å². The number of ether oxygens (including phenoxy) is 2. The Balaban J connectivity index is 2.21. The van der Waals surface area contributed by atoms with E-state index in [1.54, 1.807) is 13.2 Å². The van der Waals surface area contributed by atoms with Gasteiger partial charge in [0, 0.05) is 29.5 Å². The van der Waals surface area contributed by atoms with Crippen LogP contribution in [0, 0.1) is 5.41 Å². The molecule has 34 heavy (non-hydrogen) atoms. The van der Waals surface area contributed by atoms with Crippen LogP contribution in [0.5, 0.6) is 11.5 Å². The molecule has 0 aliphatic carbocycles. The van der Waals surface area contributed by atoms with Gasteiger partial charge in [0.05, 0.1) is 22.6 Å². The van der Waals surface area contributed by atoms with Gasteiger partial charge in [-0.3, -0.25) is 9.11 Å². The highest BCUT2D eigenvalue weighted by molar-refractivity contribution is 8.24. The Kier molecular flexibility index (Phi) is 8.67. The van der Waals surface area contributed by atoms with Crippen molar-refractivity contribution in [3.05, 3.63) is 36.4 Å². The summed E-state index contributed by atoms with van der Waals surface area (Å²) in [5, 5.41) is 9.10. The standard InChI is InChI=1S/C25H35NO6S2/c1-5-7-12-25(6-2)16-26(18-8-10-19(31-3)11-9-18)20-13-22(33-4)21(32-15-24(27)28)14-23(20)34(29,30)17-25/h8-11,13-14,29-30H,5-7,12,15-17H2,1-4H3,(H,27,28)/t25-/m0/s1. The summed E-state index contributed by atoms with van der Waals surface area (Å²) in [5.74, 6) is 0.268. The summed E-state index contributed by atoms with van der Waals surface area (Å²) in [6.45, 7) is 4.40. The fraction of sp³-hybridized carbons (Fsp3) is 0.480. The van der Waals surface area contributed by atoms with E-state index >= 15 is 0 Å². The molecule has 0 aromatic heterocycles. The first-order valence-electron chi connectivity index (χ1n) is 11.4. The lowest BCUT2D eigenvalue weighted by atomic mass is 9.81. The molecule has 0 amide bonds. The summed E-state index contributed by atoms with van der Waals surface area (Å²) in [4.78, 5) is 14.4. The zero-order valence-electron chi connectivity index (χ0n) is 20.2. The van der Waals surface area contributed by atoms with Crippen LogP contribution < -0.4 is 14.4 Å². The largest absolute Gasteiger partial charge is 0.497 e. The summed E-state index contributed by atoms with van der Waals surface area (Å²) in [6.07, 6.45) is 5.61. The highest BCUT2D eigenvalue weighted by Gasteiger charge is 2.42. The number of hydrogen-bond acceptors (Lipinski definition) is 7. The Morgan fingerprint density at radius 2 is 1.91 bits per heavy atom. The Labute approximate surface area is 207 Å². The van der Waals surface area contributed by atoms with Crippen LogP contribution in [0.2, 0.25) is 0 Å². The molecule has 1 atom stereocenters. The van der Waals surface area contributed by atoms with Gasteiger partial charge < -0.3 is 19.5 Å². The molecule has 2 aromatic rings. The number of hydrogen-bond donors (Lipinski definition) is 3. The minimum Gasteiger partial charge on any atom is -0.497 e. The number of carbonyl (C=O) groups is 1. The molecule has 0 saturated heterocycles. The van der Waals surface area contributed by atoms with E-state index in [4.69, 9.17) is 14.6 Å². The summed E-state index contributed by atoms with van der Waals surface area (Å²) in [5.41, 5.74) is 1.35. The minimum atomic E-state index is -3.17. The van der Waals surface area contributed by atoms with Gasteiger partial charge in [0.2, 0.25) is 0 Å². The summed E-state index contributed by atoms with van der Waals surface area (Å²) < 4.78 is 33.9. The molecule has 0 fully saturated rings. The van der Waals surface area contributed by atoms with Crippen molar-refractivity contribution >= 4 is 39.7 Å². The Bertz CT molecular complexity index is 998. The highest BCUT2D eigenvalue weighted by atomic mass is 32.3. The summed E-state index contributed by atoms with van der Waals surface area (Å²) in [7, 11) is -1.54. The zero-order chi connectivity index (χ0) is 24.9. The Morgan fingerprint density at radius 1 is 1.21 bits per heavy atom. The average Bonchev–Trinajstić information content (AvgIpc) is 2.93. The Hall–Kier alpha value is -2.07. The second kappa shape index (κ2) is 11.1. The molecule has 1 aliphatic heterocycles. The maximum Gasteiger partial charge on any atom is 0.341 e. The third-order valence-electron chi connectivity index (χ3n) is 6.44. The first kappa shape index (κ1) is 26.5. The number of nitrogens with zero attached hydrogens (tertiary/aromatic N) is 1. The molecule has 0 unspecified atom stereocenters. The number of aliphatic carboxylic acids is 1. The summed E-state index contributed by atoms with van der Waals surface area (Å²) >= 11 is 1.43. The molecule has 188 valence electrons. The number of anilines is 2. The van der Waals surface area contributed by atoms with Crippen LogP contribution in [0.1, 0.15) is 39.5 Å². The molecule has 3 N–H and O–H groups in total. The predicted octanol–water partition coefficient (Wildman–Crippen LogP) is 6.73. The molecule has 1 heterocycles. The van der Waals surface area contributed by atoms with Crippen LogP contribution in [-0.4, -0.2) is 52.5 Å². The normalized spacial score (nSPS) is 20.2. The van der Waals surface area contributed by atoms with Crippen LogP contribution in [0.3, 0.4) is 0 Å². The number of unbranched alkanes of at least 4 members (excludes halogenated alkanes) is 1. The van der Waals surface area contributed by atoms with E-state index in [-0.39, 0.29) is 11.2 Å². The van der Waals surface area contributed by atoms with E-state index in [1.165, 1.54) is 11.8 Å². The molecular weight excluding hydrogens is 474 g/mol. The average molecular weight is 510 g/mol. The molecule has 0 bridgehead atoms. The number of thioether (sulfide) groups is 1. The lowest BCUT2D eigenvalue weighted by molar-refractivity contribution is -0.139.